The second kappa shape index (κ2) is 9.21. The fraction of sp³-hybridized carbons (Fsp3) is 0.882. The van der Waals surface area contributed by atoms with Crippen LogP contribution in [0.5, 0.6) is 0 Å². The number of hydrogen-bond acceptors (Lipinski definition) is 5. The van der Waals surface area contributed by atoms with Gasteiger partial charge in [0.2, 0.25) is 5.91 Å². The zero-order chi connectivity index (χ0) is 16.7. The average Bonchev–Trinajstić information content (AvgIpc) is 3.07. The van der Waals surface area contributed by atoms with E-state index in [1.54, 1.807) is 4.90 Å². The lowest BCUT2D eigenvalue weighted by Gasteiger charge is -2.36. The molecule has 0 aliphatic carbocycles. The molecule has 6 nitrogen and oxygen atoms in total. The van der Waals surface area contributed by atoms with Crippen LogP contribution >= 0.6 is 0 Å². The fourth-order valence-electron chi connectivity index (χ4n) is 3.28. The van der Waals surface area contributed by atoms with Crippen molar-refractivity contribution in [3.8, 4) is 6.07 Å². The largest absolute Gasteiger partial charge is 0.377 e. The van der Waals surface area contributed by atoms with Gasteiger partial charge in [0, 0.05) is 52.4 Å². The Morgan fingerprint density at radius 2 is 2.04 bits per heavy atom. The van der Waals surface area contributed by atoms with Crippen molar-refractivity contribution in [3.05, 3.63) is 0 Å². The molecule has 2 aliphatic heterocycles. The number of piperazine rings is 1. The summed E-state index contributed by atoms with van der Waals surface area (Å²) in [5, 5.41) is 8.91. The van der Waals surface area contributed by atoms with Crippen molar-refractivity contribution in [1.82, 2.24) is 14.7 Å². The molecule has 0 bridgehead atoms. The maximum Gasteiger partial charge on any atom is 0.236 e. The van der Waals surface area contributed by atoms with E-state index in [-0.39, 0.29) is 11.8 Å². The van der Waals surface area contributed by atoms with Gasteiger partial charge < -0.3 is 9.64 Å². The summed E-state index contributed by atoms with van der Waals surface area (Å²) in [4.78, 5) is 18.9. The van der Waals surface area contributed by atoms with Gasteiger partial charge in [-0.15, -0.1) is 0 Å². The van der Waals surface area contributed by atoms with E-state index in [1.165, 1.54) is 12.8 Å². The van der Waals surface area contributed by atoms with Gasteiger partial charge >= 0.3 is 0 Å². The van der Waals surface area contributed by atoms with Crippen molar-refractivity contribution in [1.29, 1.82) is 5.26 Å². The highest BCUT2D eigenvalue weighted by molar-refractivity contribution is 5.78. The van der Waals surface area contributed by atoms with Gasteiger partial charge in [0.25, 0.3) is 0 Å². The summed E-state index contributed by atoms with van der Waals surface area (Å²) in [6, 6.07) is 2.20. The molecule has 6 heteroatoms. The molecule has 2 heterocycles. The second-order valence-corrected chi connectivity index (χ2v) is 6.67. The minimum atomic E-state index is -0.109. The quantitative estimate of drug-likeness (QED) is 0.693. The van der Waals surface area contributed by atoms with Gasteiger partial charge in [0.1, 0.15) is 0 Å². The predicted molar refractivity (Wildman–Crippen MR) is 88.9 cm³/mol. The zero-order valence-electron chi connectivity index (χ0n) is 14.5. The topological polar surface area (TPSA) is 59.8 Å². The summed E-state index contributed by atoms with van der Waals surface area (Å²) in [6.45, 7) is 11.3. The number of nitriles is 1. The Morgan fingerprint density at radius 3 is 2.61 bits per heavy atom. The van der Waals surface area contributed by atoms with Crippen LogP contribution in [0.25, 0.3) is 0 Å². The molecule has 0 saturated carbocycles. The predicted octanol–water partition coefficient (Wildman–Crippen LogP) is 0.791. The van der Waals surface area contributed by atoms with E-state index in [0.717, 1.165) is 39.3 Å². The van der Waals surface area contributed by atoms with Crippen LogP contribution < -0.4 is 0 Å². The van der Waals surface area contributed by atoms with E-state index < -0.39 is 0 Å². The van der Waals surface area contributed by atoms with Crippen LogP contribution in [0.4, 0.5) is 0 Å². The van der Waals surface area contributed by atoms with Crippen LogP contribution in [-0.2, 0) is 9.53 Å². The number of amides is 1. The van der Waals surface area contributed by atoms with Crippen molar-refractivity contribution in [2.45, 2.75) is 32.8 Å². The number of hydrogen-bond donors (Lipinski definition) is 0. The maximum atomic E-state index is 12.4. The Morgan fingerprint density at radius 1 is 1.35 bits per heavy atom. The highest BCUT2D eigenvalue weighted by atomic mass is 16.5. The molecule has 0 aromatic heterocycles. The highest BCUT2D eigenvalue weighted by Crippen LogP contribution is 2.14. The van der Waals surface area contributed by atoms with Gasteiger partial charge in [-0.3, -0.25) is 14.6 Å². The number of carbonyl (C=O) groups is 1. The van der Waals surface area contributed by atoms with E-state index in [0.29, 0.717) is 25.7 Å². The lowest BCUT2D eigenvalue weighted by Crippen LogP contribution is -2.51. The van der Waals surface area contributed by atoms with Crippen LogP contribution in [0.3, 0.4) is 0 Å². The van der Waals surface area contributed by atoms with Gasteiger partial charge in [-0.25, -0.2) is 0 Å². The average molecular weight is 322 g/mol. The molecular formula is C17H30N4O2. The second-order valence-electron chi connectivity index (χ2n) is 6.67. The van der Waals surface area contributed by atoms with Crippen LogP contribution in [0.15, 0.2) is 0 Å². The molecule has 2 saturated heterocycles. The molecule has 23 heavy (non-hydrogen) atoms. The molecule has 0 spiro atoms. The Labute approximate surface area is 140 Å². The van der Waals surface area contributed by atoms with E-state index in [9.17, 15) is 4.79 Å². The summed E-state index contributed by atoms with van der Waals surface area (Å²) >= 11 is 0. The number of ether oxygens (including phenoxy) is 1. The number of nitrogens with zero attached hydrogens (tertiary/aromatic N) is 4. The van der Waals surface area contributed by atoms with Gasteiger partial charge in [-0.1, -0.05) is 0 Å². The molecule has 2 rings (SSSR count). The summed E-state index contributed by atoms with van der Waals surface area (Å²) in [5.41, 5.74) is 0. The first-order chi connectivity index (χ1) is 11.1. The van der Waals surface area contributed by atoms with E-state index >= 15 is 0 Å². The normalized spacial score (nSPS) is 24.3. The van der Waals surface area contributed by atoms with Gasteiger partial charge in [0.05, 0.1) is 24.6 Å². The van der Waals surface area contributed by atoms with Gasteiger partial charge in [0.15, 0.2) is 0 Å². The SMILES string of the molecule is CCN(C[C@H](C)C#N)C(=O)CN1CCN(C[C@@H]2CCCO2)CC1. The lowest BCUT2D eigenvalue weighted by molar-refractivity contribution is -0.133. The minimum Gasteiger partial charge on any atom is -0.377 e. The lowest BCUT2D eigenvalue weighted by atomic mass is 10.2. The maximum absolute atomic E-state index is 12.4. The van der Waals surface area contributed by atoms with Crippen LogP contribution in [0.2, 0.25) is 0 Å². The van der Waals surface area contributed by atoms with Crippen molar-refractivity contribution < 1.29 is 9.53 Å². The first kappa shape index (κ1) is 18.2. The number of carbonyl (C=O) groups excluding carboxylic acids is 1. The molecule has 130 valence electrons. The van der Waals surface area contributed by atoms with E-state index in [2.05, 4.69) is 15.9 Å². The smallest absolute Gasteiger partial charge is 0.236 e. The summed E-state index contributed by atoms with van der Waals surface area (Å²) < 4.78 is 5.70. The van der Waals surface area contributed by atoms with Crippen molar-refractivity contribution >= 4 is 5.91 Å². The monoisotopic (exact) mass is 322 g/mol. The molecule has 0 unspecified atom stereocenters. The van der Waals surface area contributed by atoms with Gasteiger partial charge in [-0.05, 0) is 26.7 Å². The molecule has 0 aromatic rings. The first-order valence-electron chi connectivity index (χ1n) is 8.86. The van der Waals surface area contributed by atoms with Crippen LogP contribution in [-0.4, -0.2) is 85.7 Å². The third-order valence-electron chi connectivity index (χ3n) is 4.76. The summed E-state index contributed by atoms with van der Waals surface area (Å²) in [7, 11) is 0. The molecule has 2 aliphatic rings. The third-order valence-corrected chi connectivity index (χ3v) is 4.76. The Hall–Kier alpha value is -1.16. The summed E-state index contributed by atoms with van der Waals surface area (Å²) in [6.07, 6.45) is 2.78. The summed E-state index contributed by atoms with van der Waals surface area (Å²) in [5.74, 6) is 0.0318. The van der Waals surface area contributed by atoms with Crippen LogP contribution in [0.1, 0.15) is 26.7 Å². The van der Waals surface area contributed by atoms with Crippen molar-refractivity contribution in [2.24, 2.45) is 5.92 Å². The molecule has 1 amide bonds. The van der Waals surface area contributed by atoms with Crippen molar-refractivity contribution in [2.75, 3.05) is 59.0 Å². The zero-order valence-corrected chi connectivity index (χ0v) is 14.5. The Bertz CT molecular complexity index is 409. The standard InChI is InChI=1S/C17H30N4O2/c1-3-21(12-15(2)11-18)17(22)14-20-8-6-19(7-9-20)13-16-5-4-10-23-16/h15-16H,3-10,12-14H2,1-2H3/t15-,16+/m1/s1. The fourth-order valence-corrected chi connectivity index (χ4v) is 3.28. The molecule has 0 aromatic carbocycles. The number of rotatable bonds is 7. The first-order valence-corrected chi connectivity index (χ1v) is 8.86. The highest BCUT2D eigenvalue weighted by Gasteiger charge is 2.25. The molecule has 0 N–H and O–H groups in total. The minimum absolute atomic E-state index is 0.109. The van der Waals surface area contributed by atoms with Crippen LogP contribution in [0, 0.1) is 17.2 Å². The number of likely N-dealkylation sites (N-methyl/N-ethyl adjacent to an activating group) is 1. The van der Waals surface area contributed by atoms with Gasteiger partial charge in [-0.2, -0.15) is 5.26 Å². The van der Waals surface area contributed by atoms with E-state index in [4.69, 9.17) is 10.00 Å². The van der Waals surface area contributed by atoms with E-state index in [1.807, 2.05) is 13.8 Å². The molecule has 0 radical (unpaired) electrons. The Balaban J connectivity index is 1.70. The molecule has 2 atom stereocenters. The third kappa shape index (κ3) is 5.76. The molecule has 2 fully saturated rings. The van der Waals surface area contributed by atoms with Crippen molar-refractivity contribution in [3.63, 3.8) is 0 Å². The molecular weight excluding hydrogens is 292 g/mol. The Kier molecular flexibility index (Phi) is 7.28.